The molecule has 1 aromatic carbocycles. The molecule has 1 atom stereocenters. The molecule has 0 unspecified atom stereocenters. The molecule has 2 aromatic rings. The molecule has 23 heavy (non-hydrogen) atoms. The number of nitrogens with one attached hydrogen (secondary N) is 2. The van der Waals surface area contributed by atoms with E-state index in [1.54, 1.807) is 12.1 Å². The first-order chi connectivity index (χ1) is 10.9. The summed E-state index contributed by atoms with van der Waals surface area (Å²) in [7, 11) is -3.02. The van der Waals surface area contributed by atoms with Gasteiger partial charge in [-0.1, -0.05) is 23.7 Å². The first kappa shape index (κ1) is 16.2. The van der Waals surface area contributed by atoms with Crippen molar-refractivity contribution in [3.63, 3.8) is 0 Å². The highest BCUT2D eigenvalue weighted by Gasteiger charge is 2.29. The summed E-state index contributed by atoms with van der Waals surface area (Å²) >= 11 is 7.15. The highest BCUT2D eigenvalue weighted by molar-refractivity contribution is 7.91. The summed E-state index contributed by atoms with van der Waals surface area (Å²) in [5.74, 6) is 0.115. The number of anilines is 1. The number of hydrogen-bond donors (Lipinski definition) is 2. The van der Waals surface area contributed by atoms with Crippen LogP contribution in [0.2, 0.25) is 5.02 Å². The summed E-state index contributed by atoms with van der Waals surface area (Å²) in [6.07, 6.45) is 0.448. The van der Waals surface area contributed by atoms with Gasteiger partial charge in [0.15, 0.2) is 15.0 Å². The molecule has 0 saturated carbocycles. The van der Waals surface area contributed by atoms with E-state index >= 15 is 0 Å². The molecule has 2 heterocycles. The third-order valence-corrected chi connectivity index (χ3v) is 6.21. The van der Waals surface area contributed by atoms with Crippen LogP contribution in [-0.4, -0.2) is 37.0 Å². The lowest BCUT2D eigenvalue weighted by molar-refractivity contribution is 0.249. The number of amides is 2. The second-order valence-electron chi connectivity index (χ2n) is 5.24. The number of aromatic nitrogens is 1. The summed E-state index contributed by atoms with van der Waals surface area (Å²) in [5.41, 5.74) is 1.64. The molecule has 1 aliphatic rings. The minimum Gasteiger partial charge on any atom is -0.334 e. The number of urea groups is 1. The molecule has 0 aliphatic carbocycles. The highest BCUT2D eigenvalue weighted by atomic mass is 35.5. The molecule has 122 valence electrons. The lowest BCUT2D eigenvalue weighted by atomic mass is 10.2. The monoisotopic (exact) mass is 371 g/mol. The zero-order valence-corrected chi connectivity index (χ0v) is 14.3. The molecule has 1 aliphatic heterocycles. The van der Waals surface area contributed by atoms with Gasteiger partial charge in [-0.3, -0.25) is 5.32 Å². The first-order valence-electron chi connectivity index (χ1n) is 6.91. The molecule has 1 fully saturated rings. The third-order valence-electron chi connectivity index (χ3n) is 3.43. The van der Waals surface area contributed by atoms with Crippen LogP contribution in [0.3, 0.4) is 0 Å². The lowest BCUT2D eigenvalue weighted by Crippen LogP contribution is -2.38. The van der Waals surface area contributed by atoms with E-state index in [0.29, 0.717) is 16.6 Å². The number of thiazole rings is 1. The minimum absolute atomic E-state index is 0.00564. The van der Waals surface area contributed by atoms with Crippen LogP contribution in [0.4, 0.5) is 9.93 Å². The zero-order valence-electron chi connectivity index (χ0n) is 12.0. The van der Waals surface area contributed by atoms with Crippen LogP contribution >= 0.6 is 22.9 Å². The van der Waals surface area contributed by atoms with Gasteiger partial charge in [0.25, 0.3) is 0 Å². The average molecular weight is 372 g/mol. The normalized spacial score (nSPS) is 19.4. The van der Waals surface area contributed by atoms with Crippen molar-refractivity contribution < 1.29 is 13.2 Å². The van der Waals surface area contributed by atoms with E-state index in [9.17, 15) is 13.2 Å². The van der Waals surface area contributed by atoms with Gasteiger partial charge in [0.05, 0.1) is 17.2 Å². The summed E-state index contributed by atoms with van der Waals surface area (Å²) < 4.78 is 22.7. The fourth-order valence-electron chi connectivity index (χ4n) is 2.31. The van der Waals surface area contributed by atoms with E-state index in [1.165, 1.54) is 11.3 Å². The van der Waals surface area contributed by atoms with Crippen molar-refractivity contribution in [2.75, 3.05) is 16.8 Å². The van der Waals surface area contributed by atoms with Crippen LogP contribution in [0, 0.1) is 0 Å². The van der Waals surface area contributed by atoms with Gasteiger partial charge in [0, 0.05) is 22.0 Å². The van der Waals surface area contributed by atoms with Crippen LogP contribution in [-0.2, 0) is 9.84 Å². The van der Waals surface area contributed by atoms with Crippen LogP contribution in [0.1, 0.15) is 6.42 Å². The molecule has 2 N–H and O–H groups in total. The number of carbonyl (C=O) groups is 1. The van der Waals surface area contributed by atoms with E-state index < -0.39 is 15.9 Å². The molecule has 0 radical (unpaired) electrons. The Morgan fingerprint density at radius 2 is 2.04 bits per heavy atom. The summed E-state index contributed by atoms with van der Waals surface area (Å²) in [4.78, 5) is 16.2. The molecule has 0 bridgehead atoms. The fraction of sp³-hybridized carbons (Fsp3) is 0.286. The third kappa shape index (κ3) is 4.21. The van der Waals surface area contributed by atoms with Crippen LogP contribution in [0.25, 0.3) is 11.3 Å². The van der Waals surface area contributed by atoms with Crippen molar-refractivity contribution in [3.8, 4) is 11.3 Å². The maximum absolute atomic E-state index is 11.9. The SMILES string of the molecule is O=C(Nc1nc(-c2ccc(Cl)cc2)cs1)N[C@@H]1CCS(=O)(=O)C1. The average Bonchev–Trinajstić information content (AvgIpc) is 3.06. The first-order valence-corrected chi connectivity index (χ1v) is 9.99. The molecule has 1 aromatic heterocycles. The predicted octanol–water partition coefficient (Wildman–Crippen LogP) is 2.77. The molecular weight excluding hydrogens is 358 g/mol. The Morgan fingerprint density at radius 3 is 2.70 bits per heavy atom. The molecular formula is C14H14ClN3O3S2. The number of benzene rings is 1. The fourth-order valence-corrected chi connectivity index (χ4v) is 4.83. The lowest BCUT2D eigenvalue weighted by Gasteiger charge is -2.10. The van der Waals surface area contributed by atoms with Gasteiger partial charge in [-0.2, -0.15) is 0 Å². The van der Waals surface area contributed by atoms with E-state index in [-0.39, 0.29) is 17.5 Å². The van der Waals surface area contributed by atoms with Gasteiger partial charge in [-0.05, 0) is 18.6 Å². The molecule has 0 spiro atoms. The summed E-state index contributed by atoms with van der Waals surface area (Å²) in [6, 6.07) is 6.47. The topological polar surface area (TPSA) is 88.2 Å². The zero-order chi connectivity index (χ0) is 16.4. The van der Waals surface area contributed by atoms with Crippen molar-refractivity contribution in [1.29, 1.82) is 0 Å². The predicted molar refractivity (Wildman–Crippen MR) is 91.8 cm³/mol. The quantitative estimate of drug-likeness (QED) is 0.868. The Morgan fingerprint density at radius 1 is 1.30 bits per heavy atom. The van der Waals surface area contributed by atoms with E-state index in [1.807, 2.05) is 17.5 Å². The smallest absolute Gasteiger partial charge is 0.321 e. The second-order valence-corrected chi connectivity index (χ2v) is 8.77. The van der Waals surface area contributed by atoms with Crippen molar-refractivity contribution in [3.05, 3.63) is 34.7 Å². The van der Waals surface area contributed by atoms with Gasteiger partial charge in [-0.25, -0.2) is 18.2 Å². The number of nitrogens with zero attached hydrogens (tertiary/aromatic N) is 1. The Kier molecular flexibility index (Phi) is 4.56. The maximum atomic E-state index is 11.9. The van der Waals surface area contributed by atoms with Crippen molar-refractivity contribution in [1.82, 2.24) is 10.3 Å². The number of halogens is 1. The second kappa shape index (κ2) is 6.46. The Labute approximate surface area is 142 Å². The van der Waals surface area contributed by atoms with Crippen molar-refractivity contribution in [2.24, 2.45) is 0 Å². The number of rotatable bonds is 3. The Hall–Kier alpha value is -1.64. The van der Waals surface area contributed by atoms with Crippen molar-refractivity contribution >= 4 is 43.9 Å². The Bertz CT molecular complexity index is 818. The minimum atomic E-state index is -3.02. The van der Waals surface area contributed by atoms with E-state index in [0.717, 1.165) is 11.3 Å². The Balaban J connectivity index is 1.60. The van der Waals surface area contributed by atoms with E-state index in [4.69, 9.17) is 11.6 Å². The van der Waals surface area contributed by atoms with Gasteiger partial charge in [0.2, 0.25) is 0 Å². The number of carbonyl (C=O) groups excluding carboxylic acids is 1. The maximum Gasteiger partial charge on any atom is 0.321 e. The van der Waals surface area contributed by atoms with Gasteiger partial charge < -0.3 is 5.32 Å². The largest absolute Gasteiger partial charge is 0.334 e. The summed E-state index contributed by atoms with van der Waals surface area (Å²) in [5, 5.41) is 8.22. The van der Waals surface area contributed by atoms with Gasteiger partial charge >= 0.3 is 6.03 Å². The number of sulfone groups is 1. The van der Waals surface area contributed by atoms with Gasteiger partial charge in [-0.15, -0.1) is 11.3 Å². The highest BCUT2D eigenvalue weighted by Crippen LogP contribution is 2.26. The van der Waals surface area contributed by atoms with Crippen LogP contribution in [0.15, 0.2) is 29.6 Å². The molecule has 6 nitrogen and oxygen atoms in total. The van der Waals surface area contributed by atoms with E-state index in [2.05, 4.69) is 15.6 Å². The number of hydrogen-bond acceptors (Lipinski definition) is 5. The molecule has 2 amide bonds. The van der Waals surface area contributed by atoms with Crippen molar-refractivity contribution in [2.45, 2.75) is 12.5 Å². The van der Waals surface area contributed by atoms with Crippen LogP contribution in [0.5, 0.6) is 0 Å². The molecule has 1 saturated heterocycles. The van der Waals surface area contributed by atoms with Crippen LogP contribution < -0.4 is 10.6 Å². The van der Waals surface area contributed by atoms with Gasteiger partial charge in [0.1, 0.15) is 0 Å². The standard InChI is InChI=1S/C14H14ClN3O3S2/c15-10-3-1-9(2-4-10)12-7-22-14(17-12)18-13(19)16-11-5-6-23(20,21)8-11/h1-4,7,11H,5-6,8H2,(H2,16,17,18,19)/t11-/m1/s1. The molecule has 9 heteroatoms. The molecule has 3 rings (SSSR count). The summed E-state index contributed by atoms with van der Waals surface area (Å²) in [6.45, 7) is 0.